The van der Waals surface area contributed by atoms with Gasteiger partial charge in [-0.2, -0.15) is 0 Å². The lowest BCUT2D eigenvalue weighted by Crippen LogP contribution is -2.05. The summed E-state index contributed by atoms with van der Waals surface area (Å²) in [5.74, 6) is -0.201. The molecule has 1 aliphatic rings. The van der Waals surface area contributed by atoms with E-state index in [2.05, 4.69) is 27.3 Å². The number of aromatic hydroxyl groups is 1. The van der Waals surface area contributed by atoms with Gasteiger partial charge in [0.1, 0.15) is 11.6 Å². The van der Waals surface area contributed by atoms with Crippen molar-refractivity contribution in [3.63, 3.8) is 0 Å². The number of nitrogens with one attached hydrogen (secondary N) is 2. The van der Waals surface area contributed by atoms with Crippen LogP contribution in [-0.4, -0.2) is 21.5 Å². The molecule has 0 saturated heterocycles. The third-order valence-electron chi connectivity index (χ3n) is 3.95. The van der Waals surface area contributed by atoms with Gasteiger partial charge >= 0.3 is 0 Å². The van der Waals surface area contributed by atoms with Crippen LogP contribution >= 0.6 is 0 Å². The molecule has 0 aliphatic heterocycles. The summed E-state index contributed by atoms with van der Waals surface area (Å²) in [5.41, 5.74) is 4.28. The number of nitrogens with zero attached hydrogens (tertiary/aromatic N) is 1. The summed E-state index contributed by atoms with van der Waals surface area (Å²) in [4.78, 5) is 16.1. The molecule has 1 aromatic heterocycles. The molecule has 0 amide bonds. The zero-order valence-electron chi connectivity index (χ0n) is 11.6. The summed E-state index contributed by atoms with van der Waals surface area (Å²) < 4.78 is 0. The fraction of sp³-hybridized carbons (Fsp3) is 0.0588. The molecule has 3 N–H and O–H groups in total. The Balaban J connectivity index is 1.84. The number of aromatic nitrogens is 2. The lowest BCUT2D eigenvalue weighted by molar-refractivity contribution is 0.451. The molecule has 3 aromatic rings. The van der Waals surface area contributed by atoms with Gasteiger partial charge < -0.3 is 5.11 Å². The normalized spacial score (nSPS) is 13.5. The van der Waals surface area contributed by atoms with Crippen molar-refractivity contribution in [3.8, 4) is 17.0 Å². The van der Waals surface area contributed by atoms with Crippen LogP contribution in [0.1, 0.15) is 22.7 Å². The van der Waals surface area contributed by atoms with Gasteiger partial charge in [0.15, 0.2) is 0 Å². The molecule has 1 heterocycles. The van der Waals surface area contributed by atoms with Crippen molar-refractivity contribution in [2.24, 2.45) is 4.99 Å². The van der Waals surface area contributed by atoms with Crippen LogP contribution in [0.25, 0.3) is 11.1 Å². The highest BCUT2D eigenvalue weighted by Crippen LogP contribution is 2.44. The number of rotatable bonds is 2. The van der Waals surface area contributed by atoms with Crippen molar-refractivity contribution in [2.75, 3.05) is 0 Å². The summed E-state index contributed by atoms with van der Waals surface area (Å²) >= 11 is 0. The van der Waals surface area contributed by atoms with Gasteiger partial charge in [0.05, 0.1) is 0 Å². The van der Waals surface area contributed by atoms with Crippen LogP contribution in [0.5, 0.6) is 5.88 Å². The van der Waals surface area contributed by atoms with Gasteiger partial charge in [0.2, 0.25) is 5.88 Å². The minimum absolute atomic E-state index is 0.141. The average molecular weight is 291 g/mol. The third kappa shape index (κ3) is 1.79. The van der Waals surface area contributed by atoms with Gasteiger partial charge in [-0.1, -0.05) is 48.5 Å². The lowest BCUT2D eigenvalue weighted by Gasteiger charge is -2.07. The van der Waals surface area contributed by atoms with Gasteiger partial charge in [-0.3, -0.25) is 20.0 Å². The van der Waals surface area contributed by atoms with E-state index >= 15 is 0 Å². The van der Waals surface area contributed by atoms with E-state index in [0.29, 0.717) is 0 Å². The van der Waals surface area contributed by atoms with E-state index in [1.165, 1.54) is 6.21 Å². The highest BCUT2D eigenvalue weighted by atomic mass is 16.3. The molecule has 108 valence electrons. The Morgan fingerprint density at radius 2 is 1.55 bits per heavy atom. The monoisotopic (exact) mass is 291 g/mol. The van der Waals surface area contributed by atoms with E-state index in [9.17, 15) is 9.90 Å². The molecule has 0 saturated carbocycles. The summed E-state index contributed by atoms with van der Waals surface area (Å²) in [6.07, 6.45) is 1.42. The SMILES string of the molecule is O=c1[nH][nH]c(O)c1C=NC1c2ccccc2-c2ccccc21. The fourth-order valence-electron chi connectivity index (χ4n) is 2.92. The first-order valence-corrected chi connectivity index (χ1v) is 6.96. The van der Waals surface area contributed by atoms with Crippen molar-refractivity contribution in [1.29, 1.82) is 0 Å². The summed E-state index contributed by atoms with van der Waals surface area (Å²) in [5, 5.41) is 14.3. The van der Waals surface area contributed by atoms with Gasteiger partial charge in [0, 0.05) is 6.21 Å². The summed E-state index contributed by atoms with van der Waals surface area (Å²) in [6.45, 7) is 0. The molecule has 0 atom stereocenters. The quantitative estimate of drug-likeness (QED) is 0.634. The summed E-state index contributed by atoms with van der Waals surface area (Å²) in [7, 11) is 0. The van der Waals surface area contributed by atoms with Gasteiger partial charge in [0.25, 0.3) is 5.56 Å². The highest BCUT2D eigenvalue weighted by molar-refractivity contribution is 5.84. The predicted octanol–water partition coefficient (Wildman–Crippen LogP) is 2.60. The first-order chi connectivity index (χ1) is 10.8. The predicted molar refractivity (Wildman–Crippen MR) is 84.4 cm³/mol. The third-order valence-corrected chi connectivity index (χ3v) is 3.95. The van der Waals surface area contributed by atoms with Crippen LogP contribution in [0.15, 0.2) is 58.3 Å². The van der Waals surface area contributed by atoms with Crippen LogP contribution in [0.4, 0.5) is 0 Å². The molecular formula is C17H13N3O2. The lowest BCUT2D eigenvalue weighted by atomic mass is 10.1. The average Bonchev–Trinajstić information content (AvgIpc) is 3.04. The van der Waals surface area contributed by atoms with Crippen molar-refractivity contribution < 1.29 is 5.11 Å². The zero-order chi connectivity index (χ0) is 15.1. The van der Waals surface area contributed by atoms with Gasteiger partial charge in [-0.25, -0.2) is 0 Å². The number of hydrogen-bond acceptors (Lipinski definition) is 3. The molecule has 2 aromatic carbocycles. The van der Waals surface area contributed by atoms with Crippen LogP contribution in [-0.2, 0) is 0 Å². The number of aliphatic imine (C=N–C) groups is 1. The van der Waals surface area contributed by atoms with E-state index < -0.39 is 0 Å². The Labute approximate surface area is 126 Å². The number of benzene rings is 2. The van der Waals surface area contributed by atoms with Crippen molar-refractivity contribution >= 4 is 6.21 Å². The largest absolute Gasteiger partial charge is 0.493 e. The van der Waals surface area contributed by atoms with E-state index in [4.69, 9.17) is 0 Å². The molecule has 4 rings (SSSR count). The zero-order valence-corrected chi connectivity index (χ0v) is 11.6. The van der Waals surface area contributed by atoms with E-state index in [0.717, 1.165) is 22.3 Å². The van der Waals surface area contributed by atoms with E-state index in [1.54, 1.807) is 0 Å². The molecule has 5 nitrogen and oxygen atoms in total. The summed E-state index contributed by atoms with van der Waals surface area (Å²) in [6, 6.07) is 16.0. The highest BCUT2D eigenvalue weighted by Gasteiger charge is 2.27. The number of aromatic amines is 2. The molecule has 0 fully saturated rings. The Morgan fingerprint density at radius 3 is 2.09 bits per heavy atom. The second kappa shape index (κ2) is 4.73. The van der Waals surface area contributed by atoms with E-state index in [1.807, 2.05) is 36.4 Å². The van der Waals surface area contributed by atoms with Crippen LogP contribution < -0.4 is 5.56 Å². The number of hydrogen-bond donors (Lipinski definition) is 3. The Morgan fingerprint density at radius 1 is 0.955 bits per heavy atom. The molecule has 0 bridgehead atoms. The Hall–Kier alpha value is -3.08. The molecule has 22 heavy (non-hydrogen) atoms. The minimum Gasteiger partial charge on any atom is -0.493 e. The maximum absolute atomic E-state index is 11.6. The molecule has 0 radical (unpaired) electrons. The van der Waals surface area contributed by atoms with Gasteiger partial charge in [-0.05, 0) is 22.3 Å². The van der Waals surface area contributed by atoms with Gasteiger partial charge in [-0.15, -0.1) is 0 Å². The van der Waals surface area contributed by atoms with Crippen molar-refractivity contribution in [2.45, 2.75) is 6.04 Å². The minimum atomic E-state index is -0.388. The second-order valence-electron chi connectivity index (χ2n) is 5.20. The molecular weight excluding hydrogens is 278 g/mol. The molecule has 1 aliphatic carbocycles. The Kier molecular flexibility index (Phi) is 2.72. The van der Waals surface area contributed by atoms with Crippen LogP contribution in [0, 0.1) is 0 Å². The maximum Gasteiger partial charge on any atom is 0.276 e. The molecule has 5 heteroatoms. The Bertz CT molecular complexity index is 891. The topological polar surface area (TPSA) is 81.2 Å². The fourth-order valence-corrected chi connectivity index (χ4v) is 2.92. The number of fused-ring (bicyclic) bond motifs is 3. The van der Waals surface area contributed by atoms with E-state index in [-0.39, 0.29) is 23.0 Å². The first-order valence-electron chi connectivity index (χ1n) is 6.96. The smallest absolute Gasteiger partial charge is 0.276 e. The molecule has 0 spiro atoms. The standard InChI is InChI=1S/C17H13N3O2/c21-16-14(17(22)20-19-16)9-18-15-12-7-3-1-5-10(12)11-6-2-4-8-13(11)15/h1-9,15H,(H3,19,20,21,22). The number of H-pyrrole nitrogens is 2. The van der Waals surface area contributed by atoms with Crippen molar-refractivity contribution in [3.05, 3.63) is 75.6 Å². The molecule has 0 unspecified atom stereocenters. The van der Waals surface area contributed by atoms with Crippen LogP contribution in [0.3, 0.4) is 0 Å². The maximum atomic E-state index is 11.6. The second-order valence-corrected chi connectivity index (χ2v) is 5.20. The van der Waals surface area contributed by atoms with Crippen molar-refractivity contribution in [1.82, 2.24) is 10.2 Å². The first kappa shape index (κ1) is 12.6. The van der Waals surface area contributed by atoms with Crippen LogP contribution in [0.2, 0.25) is 0 Å².